The minimum absolute atomic E-state index is 0.584. The largest absolute Gasteiger partial charge is 0.308 e. The Morgan fingerprint density at radius 1 is 0.414 bits per heavy atom. The summed E-state index contributed by atoms with van der Waals surface area (Å²) in [6, 6.07) is 67.5. The molecule has 3 aromatic heterocycles. The highest BCUT2D eigenvalue weighted by Gasteiger charge is 2.22. The van der Waals surface area contributed by atoms with Gasteiger partial charge in [-0.25, -0.2) is 15.0 Å². The molecular weight excluding hydrogens is 727 g/mol. The monoisotopic (exact) mass is 757 g/mol. The van der Waals surface area contributed by atoms with Crippen molar-refractivity contribution >= 4 is 53.3 Å². The molecule has 0 fully saturated rings. The van der Waals surface area contributed by atoms with Crippen molar-refractivity contribution in [3.63, 3.8) is 0 Å². The molecule has 11 aromatic rings. The summed E-state index contributed by atoms with van der Waals surface area (Å²) >= 11 is 1.82. The van der Waals surface area contributed by atoms with Crippen molar-refractivity contribution < 1.29 is 0 Å². The highest BCUT2D eigenvalue weighted by Crippen LogP contribution is 2.43. The first-order valence-electron chi connectivity index (χ1n) is 19.2. The zero-order valence-electron chi connectivity index (χ0n) is 31.0. The van der Waals surface area contributed by atoms with Crippen LogP contribution in [-0.4, -0.2) is 19.5 Å². The minimum Gasteiger partial charge on any atom is -0.308 e. The molecule has 6 heteroatoms. The molecule has 0 saturated carbocycles. The van der Waals surface area contributed by atoms with E-state index in [0.29, 0.717) is 23.0 Å². The van der Waals surface area contributed by atoms with E-state index in [-0.39, 0.29) is 0 Å². The van der Waals surface area contributed by atoms with Gasteiger partial charge in [0.1, 0.15) is 0 Å². The van der Waals surface area contributed by atoms with Gasteiger partial charge in [0.2, 0.25) is 0 Å². The van der Waals surface area contributed by atoms with Gasteiger partial charge >= 0.3 is 0 Å². The third-order valence-corrected chi connectivity index (χ3v) is 12.0. The summed E-state index contributed by atoms with van der Waals surface area (Å²) in [5.41, 5.74) is 10.8. The van der Waals surface area contributed by atoms with Gasteiger partial charge in [-0.2, -0.15) is 5.26 Å². The van der Waals surface area contributed by atoms with E-state index in [1.165, 1.54) is 20.2 Å². The Morgan fingerprint density at radius 3 is 1.76 bits per heavy atom. The van der Waals surface area contributed by atoms with Gasteiger partial charge in [0, 0.05) is 47.6 Å². The van der Waals surface area contributed by atoms with Gasteiger partial charge in [0.05, 0.1) is 28.4 Å². The highest BCUT2D eigenvalue weighted by molar-refractivity contribution is 7.25. The van der Waals surface area contributed by atoms with Crippen LogP contribution in [0.2, 0.25) is 0 Å². The van der Waals surface area contributed by atoms with Gasteiger partial charge in [-0.05, 0) is 70.8 Å². The van der Waals surface area contributed by atoms with Gasteiger partial charge < -0.3 is 4.57 Å². The van der Waals surface area contributed by atoms with E-state index >= 15 is 0 Å². The Balaban J connectivity index is 1.22. The van der Waals surface area contributed by atoms with Crippen LogP contribution < -0.4 is 0 Å². The molecule has 11 rings (SSSR count). The molecule has 58 heavy (non-hydrogen) atoms. The number of nitrogens with zero attached hydrogens (tertiary/aromatic N) is 5. The second-order valence-corrected chi connectivity index (χ2v) is 15.4. The normalized spacial score (nSPS) is 11.4. The summed E-state index contributed by atoms with van der Waals surface area (Å²) < 4.78 is 4.87. The number of aromatic nitrogens is 4. The standard InChI is InChI=1S/C52H31N5S/c53-32-33-22-24-34(25-23-33)37-26-28-41-40-16-7-9-19-44(40)57(46(41)31-37)45-29-27-38(39-18-11-21-48-49(39)42-17-8-10-20-47(42)58-48)30-43(45)52-55-50(35-12-3-1-4-13-35)54-51(56-52)36-14-5-2-6-15-36/h1-31H. The van der Waals surface area contributed by atoms with Crippen molar-refractivity contribution in [3.05, 3.63) is 194 Å². The lowest BCUT2D eigenvalue weighted by Gasteiger charge is -2.17. The molecule has 0 unspecified atom stereocenters. The molecule has 0 N–H and O–H groups in total. The first kappa shape index (κ1) is 33.6. The second-order valence-electron chi connectivity index (χ2n) is 14.3. The van der Waals surface area contributed by atoms with Crippen LogP contribution in [0.15, 0.2) is 188 Å². The zero-order valence-corrected chi connectivity index (χ0v) is 31.9. The van der Waals surface area contributed by atoms with Gasteiger partial charge in [0.25, 0.3) is 0 Å². The number of nitriles is 1. The molecule has 0 amide bonds. The molecule has 0 atom stereocenters. The van der Waals surface area contributed by atoms with Crippen LogP contribution in [0.5, 0.6) is 0 Å². The summed E-state index contributed by atoms with van der Waals surface area (Å²) in [5.74, 6) is 1.80. The molecule has 0 aliphatic heterocycles. The molecular formula is C52H31N5S. The van der Waals surface area contributed by atoms with Crippen molar-refractivity contribution in [3.8, 4) is 68.2 Å². The molecule has 0 saturated heterocycles. The molecule has 0 aliphatic rings. The maximum atomic E-state index is 9.48. The first-order valence-corrected chi connectivity index (χ1v) is 20.0. The van der Waals surface area contributed by atoms with Crippen LogP contribution in [0.4, 0.5) is 0 Å². The fourth-order valence-electron chi connectivity index (χ4n) is 8.17. The third kappa shape index (κ3) is 5.64. The fourth-order valence-corrected chi connectivity index (χ4v) is 9.30. The zero-order chi connectivity index (χ0) is 38.6. The average Bonchev–Trinajstić information content (AvgIpc) is 3.85. The van der Waals surface area contributed by atoms with Crippen LogP contribution in [0.25, 0.3) is 104 Å². The van der Waals surface area contributed by atoms with E-state index in [2.05, 4.69) is 114 Å². The van der Waals surface area contributed by atoms with E-state index in [4.69, 9.17) is 15.0 Å². The third-order valence-electron chi connectivity index (χ3n) is 10.9. The highest BCUT2D eigenvalue weighted by atomic mass is 32.1. The van der Waals surface area contributed by atoms with E-state index in [0.717, 1.165) is 66.4 Å². The van der Waals surface area contributed by atoms with Crippen LogP contribution >= 0.6 is 11.3 Å². The molecule has 0 spiro atoms. The van der Waals surface area contributed by atoms with Crippen LogP contribution in [0.1, 0.15) is 5.56 Å². The Hall–Kier alpha value is -7.72. The van der Waals surface area contributed by atoms with Crippen molar-refractivity contribution in [2.45, 2.75) is 0 Å². The van der Waals surface area contributed by atoms with Crippen molar-refractivity contribution in [2.75, 3.05) is 0 Å². The van der Waals surface area contributed by atoms with E-state index in [1.54, 1.807) is 0 Å². The van der Waals surface area contributed by atoms with Gasteiger partial charge in [-0.3, -0.25) is 0 Å². The first-order chi connectivity index (χ1) is 28.7. The predicted molar refractivity (Wildman–Crippen MR) is 239 cm³/mol. The van der Waals surface area contributed by atoms with E-state index in [9.17, 15) is 5.26 Å². The number of thiophene rings is 1. The van der Waals surface area contributed by atoms with Crippen LogP contribution in [0.3, 0.4) is 0 Å². The van der Waals surface area contributed by atoms with Crippen molar-refractivity contribution in [1.29, 1.82) is 5.26 Å². The smallest absolute Gasteiger partial charge is 0.166 e. The van der Waals surface area contributed by atoms with Crippen molar-refractivity contribution in [1.82, 2.24) is 19.5 Å². The molecule has 0 radical (unpaired) electrons. The molecule has 0 bridgehead atoms. The van der Waals surface area contributed by atoms with E-state index in [1.807, 2.05) is 96.3 Å². The maximum Gasteiger partial charge on any atom is 0.166 e. The molecule has 270 valence electrons. The van der Waals surface area contributed by atoms with E-state index < -0.39 is 0 Å². The van der Waals surface area contributed by atoms with Crippen molar-refractivity contribution in [2.24, 2.45) is 0 Å². The van der Waals surface area contributed by atoms with Crippen LogP contribution in [0, 0.1) is 11.3 Å². The lowest BCUT2D eigenvalue weighted by atomic mass is 9.96. The fraction of sp³-hybridized carbons (Fsp3) is 0. The van der Waals surface area contributed by atoms with Gasteiger partial charge in [-0.15, -0.1) is 11.3 Å². The lowest BCUT2D eigenvalue weighted by Crippen LogP contribution is -2.04. The average molecular weight is 758 g/mol. The number of rotatable bonds is 6. The Bertz CT molecular complexity index is 3340. The SMILES string of the molecule is N#Cc1ccc(-c2ccc3c4ccccc4n(-c4ccc(-c5cccc6sc7ccccc7c56)cc4-c4nc(-c5ccccc5)nc(-c5ccccc5)n4)c3c2)cc1. The summed E-state index contributed by atoms with van der Waals surface area (Å²) in [4.78, 5) is 15.6. The summed E-state index contributed by atoms with van der Waals surface area (Å²) in [6.07, 6.45) is 0. The Kier molecular flexibility index (Phi) is 7.99. The quantitative estimate of drug-likeness (QED) is 0.169. The molecule has 5 nitrogen and oxygen atoms in total. The second kappa shape index (κ2) is 13.8. The maximum absolute atomic E-state index is 9.48. The number of hydrogen-bond acceptors (Lipinski definition) is 5. The number of benzene rings is 8. The minimum atomic E-state index is 0.584. The van der Waals surface area contributed by atoms with Gasteiger partial charge in [0.15, 0.2) is 17.5 Å². The Labute approximate surface area is 338 Å². The number of hydrogen-bond donors (Lipinski definition) is 0. The number of para-hydroxylation sites is 1. The number of fused-ring (bicyclic) bond motifs is 6. The molecule has 3 heterocycles. The lowest BCUT2D eigenvalue weighted by molar-refractivity contribution is 1.06. The summed E-state index contributed by atoms with van der Waals surface area (Å²) in [7, 11) is 0. The van der Waals surface area contributed by atoms with Crippen LogP contribution in [-0.2, 0) is 0 Å². The van der Waals surface area contributed by atoms with Gasteiger partial charge in [-0.1, -0.05) is 140 Å². The molecule has 8 aromatic carbocycles. The summed E-state index contributed by atoms with van der Waals surface area (Å²) in [5, 5.41) is 14.3. The predicted octanol–water partition coefficient (Wildman–Crippen LogP) is 13.5. The molecule has 0 aliphatic carbocycles. The Morgan fingerprint density at radius 2 is 1.02 bits per heavy atom. The topological polar surface area (TPSA) is 67.4 Å². The summed E-state index contributed by atoms with van der Waals surface area (Å²) in [6.45, 7) is 0.